The zero-order valence-corrected chi connectivity index (χ0v) is 18.6. The number of hydrogen-bond acceptors (Lipinski definition) is 3. The molecule has 0 saturated carbocycles. The highest BCUT2D eigenvalue weighted by Crippen LogP contribution is 2.27. The van der Waals surface area contributed by atoms with Crippen molar-refractivity contribution in [1.82, 2.24) is 14.3 Å². The summed E-state index contributed by atoms with van der Waals surface area (Å²) in [6, 6.07) is 14.2. The van der Waals surface area contributed by atoms with Gasteiger partial charge in [-0.25, -0.2) is 0 Å². The quantitative estimate of drug-likeness (QED) is 0.493. The van der Waals surface area contributed by atoms with Crippen molar-refractivity contribution in [2.75, 3.05) is 5.32 Å². The summed E-state index contributed by atoms with van der Waals surface area (Å²) in [5.74, 6) is -0.192. The number of amides is 1. The summed E-state index contributed by atoms with van der Waals surface area (Å²) in [5.41, 5.74) is 3.61. The predicted molar refractivity (Wildman–Crippen MR) is 124 cm³/mol. The second kappa shape index (κ2) is 8.04. The number of hydrogen-bond donors (Lipinski definition) is 1. The van der Waals surface area contributed by atoms with Crippen LogP contribution in [0.1, 0.15) is 29.9 Å². The van der Waals surface area contributed by atoms with E-state index >= 15 is 0 Å². The van der Waals surface area contributed by atoms with E-state index in [0.717, 1.165) is 22.3 Å². The summed E-state index contributed by atoms with van der Waals surface area (Å²) in [6.07, 6.45) is 1.69. The van der Waals surface area contributed by atoms with Gasteiger partial charge < -0.3 is 9.88 Å². The van der Waals surface area contributed by atoms with Crippen molar-refractivity contribution in [3.63, 3.8) is 0 Å². The predicted octanol–water partition coefficient (Wildman–Crippen LogP) is 4.97. The Morgan fingerprint density at radius 1 is 1.06 bits per heavy atom. The van der Waals surface area contributed by atoms with Crippen molar-refractivity contribution in [2.45, 2.75) is 33.7 Å². The van der Waals surface area contributed by atoms with Crippen molar-refractivity contribution >= 4 is 34.0 Å². The first-order valence-corrected chi connectivity index (χ1v) is 10.4. The number of rotatable bonds is 4. The Kier molecular flexibility index (Phi) is 5.41. The summed E-state index contributed by atoms with van der Waals surface area (Å²) in [4.78, 5) is 26.2. The van der Waals surface area contributed by atoms with Crippen LogP contribution in [0, 0.1) is 20.8 Å². The number of benzene rings is 2. The highest BCUT2D eigenvalue weighted by atomic mass is 35.5. The van der Waals surface area contributed by atoms with Gasteiger partial charge in [0.05, 0.1) is 17.3 Å². The fourth-order valence-electron chi connectivity index (χ4n) is 3.95. The average Bonchev–Trinajstić information content (AvgIpc) is 3.01. The van der Waals surface area contributed by atoms with Crippen LogP contribution in [-0.2, 0) is 4.79 Å². The molecule has 0 aliphatic carbocycles. The molecule has 0 fully saturated rings. The van der Waals surface area contributed by atoms with Gasteiger partial charge >= 0.3 is 0 Å². The molecular weight excluding hydrogens is 412 g/mol. The molecular formula is C24H23ClN4O2. The Bertz CT molecular complexity index is 1360. The van der Waals surface area contributed by atoms with Gasteiger partial charge in [0.25, 0.3) is 5.56 Å². The molecule has 0 radical (unpaired) electrons. The molecule has 4 aromatic rings. The van der Waals surface area contributed by atoms with Crippen LogP contribution >= 0.6 is 11.6 Å². The second-order valence-electron chi connectivity index (χ2n) is 7.66. The largest absolute Gasteiger partial charge is 0.336 e. The van der Waals surface area contributed by atoms with Gasteiger partial charge in [-0.1, -0.05) is 35.9 Å². The third kappa shape index (κ3) is 3.64. The smallest absolute Gasteiger partial charge is 0.281 e. The number of anilines is 1. The van der Waals surface area contributed by atoms with Crippen molar-refractivity contribution in [1.29, 1.82) is 0 Å². The number of halogens is 1. The van der Waals surface area contributed by atoms with E-state index in [0.29, 0.717) is 21.8 Å². The lowest BCUT2D eigenvalue weighted by Crippen LogP contribution is -2.25. The lowest BCUT2D eigenvalue weighted by molar-refractivity contribution is -0.118. The van der Waals surface area contributed by atoms with E-state index < -0.39 is 6.04 Å². The van der Waals surface area contributed by atoms with Gasteiger partial charge in [-0.3, -0.25) is 9.59 Å². The zero-order chi connectivity index (χ0) is 22.3. The summed E-state index contributed by atoms with van der Waals surface area (Å²) in [5, 5.41) is 9.18. The second-order valence-corrected chi connectivity index (χ2v) is 8.06. The Balaban J connectivity index is 1.75. The monoisotopic (exact) mass is 434 g/mol. The third-order valence-corrected chi connectivity index (χ3v) is 6.07. The fraction of sp³-hybridized carbons (Fsp3) is 0.208. The average molecular weight is 435 g/mol. The highest BCUT2D eigenvalue weighted by molar-refractivity contribution is 6.31. The molecule has 2 aromatic carbocycles. The zero-order valence-electron chi connectivity index (χ0n) is 17.8. The van der Waals surface area contributed by atoms with Gasteiger partial charge in [0.2, 0.25) is 5.91 Å². The van der Waals surface area contributed by atoms with E-state index in [1.54, 1.807) is 12.3 Å². The van der Waals surface area contributed by atoms with E-state index in [1.807, 2.05) is 74.7 Å². The number of aromatic nitrogens is 3. The van der Waals surface area contributed by atoms with Crippen molar-refractivity contribution in [3.8, 4) is 5.69 Å². The number of fused-ring (bicyclic) bond motifs is 1. The van der Waals surface area contributed by atoms with Crippen molar-refractivity contribution < 1.29 is 4.79 Å². The van der Waals surface area contributed by atoms with Crippen LogP contribution in [0.15, 0.2) is 59.5 Å². The maximum atomic E-state index is 13.2. The van der Waals surface area contributed by atoms with Crippen LogP contribution < -0.4 is 10.9 Å². The Morgan fingerprint density at radius 2 is 1.77 bits per heavy atom. The SMILES string of the molecule is Cc1ccc(NC(=O)[C@H](C)n2c(C)c3cnn(-c4ccccc4)c(=O)c3c2C)cc1Cl. The van der Waals surface area contributed by atoms with E-state index in [-0.39, 0.29) is 11.5 Å². The number of carbonyl (C=O) groups is 1. The lowest BCUT2D eigenvalue weighted by Gasteiger charge is -2.18. The van der Waals surface area contributed by atoms with Crippen molar-refractivity contribution in [2.24, 2.45) is 0 Å². The summed E-state index contributed by atoms with van der Waals surface area (Å²) in [7, 11) is 0. The van der Waals surface area contributed by atoms with Crippen LogP contribution in [0.5, 0.6) is 0 Å². The molecule has 0 aliphatic rings. The van der Waals surface area contributed by atoms with Crippen LogP contribution in [-0.4, -0.2) is 20.3 Å². The Labute approximate surface area is 185 Å². The fourth-order valence-corrected chi connectivity index (χ4v) is 4.13. The van der Waals surface area contributed by atoms with Crippen LogP contribution in [0.2, 0.25) is 5.02 Å². The summed E-state index contributed by atoms with van der Waals surface area (Å²) < 4.78 is 3.27. The van der Waals surface area contributed by atoms with Gasteiger partial charge in [-0.15, -0.1) is 0 Å². The molecule has 1 N–H and O–H groups in total. The van der Waals surface area contributed by atoms with Gasteiger partial charge in [-0.05, 0) is 57.5 Å². The van der Waals surface area contributed by atoms with Crippen LogP contribution in [0.4, 0.5) is 5.69 Å². The highest BCUT2D eigenvalue weighted by Gasteiger charge is 2.24. The first-order chi connectivity index (χ1) is 14.8. The Morgan fingerprint density at radius 3 is 2.45 bits per heavy atom. The molecule has 0 spiro atoms. The van der Waals surface area contributed by atoms with Gasteiger partial charge in [-0.2, -0.15) is 9.78 Å². The molecule has 0 saturated heterocycles. The number of nitrogens with one attached hydrogen (secondary N) is 1. The summed E-state index contributed by atoms with van der Waals surface area (Å²) in [6.45, 7) is 7.48. The minimum absolute atomic E-state index is 0.192. The molecule has 2 heterocycles. The lowest BCUT2D eigenvalue weighted by atomic mass is 10.2. The maximum Gasteiger partial charge on any atom is 0.281 e. The molecule has 4 rings (SSSR count). The molecule has 1 atom stereocenters. The minimum Gasteiger partial charge on any atom is -0.336 e. The minimum atomic E-state index is -0.531. The molecule has 0 bridgehead atoms. The Hall–Kier alpha value is -3.38. The van der Waals surface area contributed by atoms with Crippen LogP contribution in [0.3, 0.4) is 0 Å². The van der Waals surface area contributed by atoms with Crippen molar-refractivity contribution in [3.05, 3.63) is 87.1 Å². The standard InChI is InChI=1S/C24H23ClN4O2/c1-14-10-11-18(12-21(14)25)27-23(30)17(4)28-15(2)20-13-26-29(19-8-6-5-7-9-19)24(31)22(20)16(28)3/h5-13,17H,1-4H3,(H,27,30)/t17-/m0/s1. The molecule has 0 unspecified atom stereocenters. The van der Waals surface area contributed by atoms with Gasteiger partial charge in [0.1, 0.15) is 6.04 Å². The number of nitrogens with zero attached hydrogens (tertiary/aromatic N) is 3. The molecule has 0 aliphatic heterocycles. The molecule has 2 aromatic heterocycles. The van der Waals surface area contributed by atoms with E-state index in [4.69, 9.17) is 11.6 Å². The van der Waals surface area contributed by atoms with Crippen LogP contribution in [0.25, 0.3) is 16.5 Å². The first kappa shape index (κ1) is 20.9. The van der Waals surface area contributed by atoms with Gasteiger partial charge in [0, 0.05) is 27.5 Å². The van der Waals surface area contributed by atoms with E-state index in [1.165, 1.54) is 4.68 Å². The van der Waals surface area contributed by atoms with E-state index in [2.05, 4.69) is 10.4 Å². The number of aryl methyl sites for hydroxylation is 3. The molecule has 7 heteroatoms. The maximum absolute atomic E-state index is 13.2. The third-order valence-electron chi connectivity index (χ3n) is 5.66. The van der Waals surface area contributed by atoms with Gasteiger partial charge in [0.15, 0.2) is 0 Å². The normalized spacial score (nSPS) is 12.2. The molecule has 1 amide bonds. The molecule has 31 heavy (non-hydrogen) atoms. The number of para-hydroxylation sites is 1. The number of carbonyl (C=O) groups excluding carboxylic acids is 1. The van der Waals surface area contributed by atoms with E-state index in [9.17, 15) is 9.59 Å². The molecule has 6 nitrogen and oxygen atoms in total. The summed E-state index contributed by atoms with van der Waals surface area (Å²) >= 11 is 6.18. The molecule has 158 valence electrons. The first-order valence-electron chi connectivity index (χ1n) is 10.0. The topological polar surface area (TPSA) is 68.9 Å².